The van der Waals surface area contributed by atoms with Gasteiger partial charge in [0.25, 0.3) is 5.56 Å². The lowest BCUT2D eigenvalue weighted by Gasteiger charge is -2.07. The van der Waals surface area contributed by atoms with E-state index in [1.165, 1.54) is 23.1 Å². The fourth-order valence-electron chi connectivity index (χ4n) is 2.67. The van der Waals surface area contributed by atoms with Gasteiger partial charge in [0.15, 0.2) is 5.16 Å². The molecule has 0 atom stereocenters. The van der Waals surface area contributed by atoms with E-state index in [1.54, 1.807) is 7.11 Å². The number of aromatic amines is 1. The maximum Gasteiger partial charge on any atom is 0.260 e. The molecule has 26 heavy (non-hydrogen) atoms. The summed E-state index contributed by atoms with van der Waals surface area (Å²) in [6, 6.07) is 5.85. The minimum Gasteiger partial charge on any atom is -0.496 e. The second-order valence-corrected chi connectivity index (χ2v) is 7.75. The molecule has 2 heterocycles. The third-order valence-electron chi connectivity index (χ3n) is 3.93. The Bertz CT molecular complexity index is 1010. The maximum absolute atomic E-state index is 12.6. The van der Waals surface area contributed by atoms with Gasteiger partial charge in [0.1, 0.15) is 10.6 Å². The van der Waals surface area contributed by atoms with Crippen LogP contribution in [0.1, 0.15) is 18.4 Å². The molecular formula is C18H19N3O3S2. The summed E-state index contributed by atoms with van der Waals surface area (Å²) in [5.41, 5.74) is 7.82. The zero-order valence-corrected chi connectivity index (χ0v) is 16.1. The number of benzene rings is 1. The van der Waals surface area contributed by atoms with Crippen molar-refractivity contribution in [1.29, 1.82) is 0 Å². The van der Waals surface area contributed by atoms with E-state index in [0.717, 1.165) is 22.4 Å². The van der Waals surface area contributed by atoms with Crippen LogP contribution >= 0.6 is 23.1 Å². The van der Waals surface area contributed by atoms with Crippen LogP contribution in [0.3, 0.4) is 0 Å². The first-order valence-electron chi connectivity index (χ1n) is 8.07. The van der Waals surface area contributed by atoms with Crippen molar-refractivity contribution in [3.05, 3.63) is 39.5 Å². The summed E-state index contributed by atoms with van der Waals surface area (Å²) in [6.07, 6.45) is 0.988. The molecular weight excluding hydrogens is 370 g/mol. The molecule has 0 aliphatic rings. The molecule has 0 fully saturated rings. The van der Waals surface area contributed by atoms with E-state index >= 15 is 0 Å². The molecule has 136 valence electrons. The molecule has 0 saturated carbocycles. The van der Waals surface area contributed by atoms with Crippen LogP contribution in [0.5, 0.6) is 5.75 Å². The largest absolute Gasteiger partial charge is 0.496 e. The Morgan fingerprint density at radius 3 is 2.92 bits per heavy atom. The van der Waals surface area contributed by atoms with Crippen LogP contribution in [0, 0.1) is 6.92 Å². The SMILES string of the molecule is COc1ccc(-c2csc3nc(SCCCC(N)=O)[nH]c(=O)c23)cc1C. The molecule has 8 heteroatoms. The summed E-state index contributed by atoms with van der Waals surface area (Å²) in [5, 5.41) is 3.11. The lowest BCUT2D eigenvalue weighted by molar-refractivity contribution is -0.118. The van der Waals surface area contributed by atoms with Crippen LogP contribution in [-0.2, 0) is 4.79 Å². The number of amides is 1. The molecule has 3 aromatic rings. The normalized spacial score (nSPS) is 11.0. The number of rotatable bonds is 7. The van der Waals surface area contributed by atoms with E-state index in [0.29, 0.717) is 34.0 Å². The molecule has 0 radical (unpaired) electrons. The minimum atomic E-state index is -0.319. The van der Waals surface area contributed by atoms with E-state index < -0.39 is 0 Å². The monoisotopic (exact) mass is 389 g/mol. The van der Waals surface area contributed by atoms with Gasteiger partial charge in [-0.25, -0.2) is 4.98 Å². The van der Waals surface area contributed by atoms with Crippen molar-refractivity contribution in [3.63, 3.8) is 0 Å². The fourth-order valence-corrected chi connectivity index (χ4v) is 4.48. The number of nitrogens with one attached hydrogen (secondary N) is 1. The number of hydrogen-bond donors (Lipinski definition) is 2. The van der Waals surface area contributed by atoms with Crippen molar-refractivity contribution >= 4 is 39.2 Å². The number of carbonyl (C=O) groups is 1. The number of thiophene rings is 1. The molecule has 6 nitrogen and oxygen atoms in total. The van der Waals surface area contributed by atoms with Crippen LogP contribution in [-0.4, -0.2) is 28.7 Å². The van der Waals surface area contributed by atoms with Gasteiger partial charge in [-0.1, -0.05) is 17.8 Å². The standard InChI is InChI=1S/C18H19N3O3S2/c1-10-8-11(5-6-13(10)24-2)12-9-26-17-15(12)16(23)20-18(21-17)25-7-3-4-14(19)22/h5-6,8-9H,3-4,7H2,1-2H3,(H2,19,22)(H,20,21,23). The van der Waals surface area contributed by atoms with Gasteiger partial charge in [0, 0.05) is 23.1 Å². The number of ether oxygens (including phenoxy) is 1. The van der Waals surface area contributed by atoms with Crippen molar-refractivity contribution in [2.45, 2.75) is 24.9 Å². The number of fused-ring (bicyclic) bond motifs is 1. The lowest BCUT2D eigenvalue weighted by atomic mass is 10.0. The first-order valence-corrected chi connectivity index (χ1v) is 9.93. The molecule has 0 unspecified atom stereocenters. The molecule has 0 saturated heterocycles. The van der Waals surface area contributed by atoms with Gasteiger partial charge < -0.3 is 15.5 Å². The van der Waals surface area contributed by atoms with E-state index in [-0.39, 0.29) is 11.5 Å². The second kappa shape index (κ2) is 7.92. The summed E-state index contributed by atoms with van der Waals surface area (Å²) in [6.45, 7) is 1.97. The van der Waals surface area contributed by atoms with Gasteiger partial charge in [-0.2, -0.15) is 0 Å². The Morgan fingerprint density at radius 1 is 1.42 bits per heavy atom. The van der Waals surface area contributed by atoms with Crippen molar-refractivity contribution in [2.24, 2.45) is 5.73 Å². The lowest BCUT2D eigenvalue weighted by Crippen LogP contribution is -2.11. The number of aryl methyl sites for hydroxylation is 1. The predicted molar refractivity (Wildman–Crippen MR) is 106 cm³/mol. The van der Waals surface area contributed by atoms with Gasteiger partial charge >= 0.3 is 0 Å². The third kappa shape index (κ3) is 3.91. The first kappa shape index (κ1) is 18.5. The number of methoxy groups -OCH3 is 1. The number of primary amides is 1. The minimum absolute atomic E-state index is 0.155. The third-order valence-corrected chi connectivity index (χ3v) is 5.77. The smallest absolute Gasteiger partial charge is 0.260 e. The number of H-pyrrole nitrogens is 1. The van der Waals surface area contributed by atoms with Gasteiger partial charge in [-0.15, -0.1) is 11.3 Å². The Labute approximate surface area is 158 Å². The van der Waals surface area contributed by atoms with Gasteiger partial charge in [0.2, 0.25) is 5.91 Å². The predicted octanol–water partition coefficient (Wildman–Crippen LogP) is 3.33. The summed E-state index contributed by atoms with van der Waals surface area (Å²) in [7, 11) is 1.64. The van der Waals surface area contributed by atoms with Crippen molar-refractivity contribution in [3.8, 4) is 16.9 Å². The molecule has 1 amide bonds. The number of aromatic nitrogens is 2. The summed E-state index contributed by atoms with van der Waals surface area (Å²) in [4.78, 5) is 31.5. The highest BCUT2D eigenvalue weighted by Gasteiger charge is 2.14. The zero-order chi connectivity index (χ0) is 18.7. The molecule has 0 spiro atoms. The Morgan fingerprint density at radius 2 is 2.23 bits per heavy atom. The average molecular weight is 390 g/mol. The van der Waals surface area contributed by atoms with Gasteiger partial charge in [0.05, 0.1) is 12.5 Å². The molecule has 0 aliphatic carbocycles. The van der Waals surface area contributed by atoms with Crippen LogP contribution in [0.15, 0.2) is 33.5 Å². The summed E-state index contributed by atoms with van der Waals surface area (Å²) >= 11 is 2.87. The number of carbonyl (C=O) groups excluding carboxylic acids is 1. The average Bonchev–Trinajstić information content (AvgIpc) is 3.03. The quantitative estimate of drug-likeness (QED) is 0.367. The molecule has 2 aromatic heterocycles. The van der Waals surface area contributed by atoms with E-state index in [4.69, 9.17) is 10.5 Å². The van der Waals surface area contributed by atoms with E-state index in [9.17, 15) is 9.59 Å². The number of nitrogens with two attached hydrogens (primary N) is 1. The Hall–Kier alpha value is -2.32. The van der Waals surface area contributed by atoms with Crippen molar-refractivity contribution in [1.82, 2.24) is 9.97 Å². The van der Waals surface area contributed by atoms with Crippen LogP contribution in [0.2, 0.25) is 0 Å². The Kier molecular flexibility index (Phi) is 5.63. The van der Waals surface area contributed by atoms with Crippen LogP contribution < -0.4 is 16.0 Å². The maximum atomic E-state index is 12.6. The van der Waals surface area contributed by atoms with Crippen molar-refractivity contribution in [2.75, 3.05) is 12.9 Å². The van der Waals surface area contributed by atoms with Crippen molar-refractivity contribution < 1.29 is 9.53 Å². The summed E-state index contributed by atoms with van der Waals surface area (Å²) in [5.74, 6) is 1.17. The fraction of sp³-hybridized carbons (Fsp3) is 0.278. The molecule has 3 N–H and O–H groups in total. The van der Waals surface area contributed by atoms with Gasteiger partial charge in [-0.05, 0) is 36.6 Å². The highest BCUT2D eigenvalue weighted by molar-refractivity contribution is 7.99. The summed E-state index contributed by atoms with van der Waals surface area (Å²) < 4.78 is 5.30. The number of thioether (sulfide) groups is 1. The first-order chi connectivity index (χ1) is 12.5. The second-order valence-electron chi connectivity index (χ2n) is 5.80. The molecule has 0 bridgehead atoms. The topological polar surface area (TPSA) is 98.1 Å². The molecule has 0 aliphatic heterocycles. The van der Waals surface area contributed by atoms with Gasteiger partial charge in [-0.3, -0.25) is 9.59 Å². The highest BCUT2D eigenvalue weighted by Crippen LogP contribution is 2.33. The van der Waals surface area contributed by atoms with Crippen LogP contribution in [0.4, 0.5) is 0 Å². The molecule has 3 rings (SSSR count). The van der Waals surface area contributed by atoms with Crippen LogP contribution in [0.25, 0.3) is 21.3 Å². The van der Waals surface area contributed by atoms with E-state index in [2.05, 4.69) is 9.97 Å². The number of nitrogens with zero attached hydrogens (tertiary/aromatic N) is 1. The Balaban J connectivity index is 1.89. The zero-order valence-electron chi connectivity index (χ0n) is 14.5. The highest BCUT2D eigenvalue weighted by atomic mass is 32.2. The molecule has 1 aromatic carbocycles. The van der Waals surface area contributed by atoms with E-state index in [1.807, 2.05) is 30.5 Å². The number of hydrogen-bond acceptors (Lipinski definition) is 6.